The molecule has 2 aromatic heterocycles. The lowest BCUT2D eigenvalue weighted by Gasteiger charge is -2.39. The van der Waals surface area contributed by atoms with Crippen molar-refractivity contribution in [2.75, 3.05) is 39.9 Å². The number of imidazole rings is 1. The Morgan fingerprint density at radius 2 is 1.93 bits per heavy atom. The summed E-state index contributed by atoms with van der Waals surface area (Å²) in [6.07, 6.45) is 7.06. The number of nitrogens with one attached hydrogen (secondary N) is 1. The number of rotatable bonds is 7. The van der Waals surface area contributed by atoms with E-state index in [2.05, 4.69) is 52.5 Å². The van der Waals surface area contributed by atoms with Gasteiger partial charge in [-0.15, -0.1) is 0 Å². The molecule has 0 spiro atoms. The highest BCUT2D eigenvalue weighted by Gasteiger charge is 2.36. The van der Waals surface area contributed by atoms with Crippen LogP contribution in [-0.2, 0) is 21.3 Å². The van der Waals surface area contributed by atoms with Gasteiger partial charge in [0.25, 0.3) is 0 Å². The predicted molar refractivity (Wildman–Crippen MR) is 156 cm³/mol. The minimum Gasteiger partial charge on any atom is -0.447 e. The van der Waals surface area contributed by atoms with Crippen molar-refractivity contribution >= 4 is 23.6 Å². The maximum Gasteiger partial charge on any atom is 0.410 e. The molecule has 1 fully saturated rings. The van der Waals surface area contributed by atoms with Crippen molar-refractivity contribution in [2.45, 2.75) is 39.0 Å². The molecule has 5 rings (SSSR count). The molecule has 0 bridgehead atoms. The Labute approximate surface area is 241 Å². The van der Waals surface area contributed by atoms with Gasteiger partial charge in [0.05, 0.1) is 42.1 Å². The maximum absolute atomic E-state index is 12.9. The molecule has 1 aliphatic heterocycles. The number of nitrogens with zero attached hydrogens (tertiary/aromatic N) is 5. The second-order valence-electron chi connectivity index (χ2n) is 10.9. The van der Waals surface area contributed by atoms with E-state index in [4.69, 9.17) is 14.5 Å². The highest BCUT2D eigenvalue weighted by molar-refractivity contribution is 5.91. The first kappa shape index (κ1) is 28.5. The zero-order valence-electron chi connectivity index (χ0n) is 24.3. The number of aromatic nitrogens is 3. The van der Waals surface area contributed by atoms with Gasteiger partial charge >= 0.3 is 6.09 Å². The smallest absolute Gasteiger partial charge is 0.410 e. The summed E-state index contributed by atoms with van der Waals surface area (Å²) in [5, 5.41) is 3.19. The number of carbonyl (C=O) groups excluding carboxylic acids is 2. The normalized spacial score (nSPS) is 17.8. The van der Waals surface area contributed by atoms with E-state index in [1.54, 1.807) is 17.4 Å². The molecule has 41 heavy (non-hydrogen) atoms. The van der Waals surface area contributed by atoms with Crippen LogP contribution in [0.4, 0.5) is 4.79 Å². The van der Waals surface area contributed by atoms with Crippen molar-refractivity contribution in [3.8, 4) is 0 Å². The van der Waals surface area contributed by atoms with Crippen molar-refractivity contribution in [2.24, 2.45) is 7.05 Å². The van der Waals surface area contributed by atoms with Crippen molar-refractivity contribution in [3.05, 3.63) is 82.7 Å². The third-order valence-corrected chi connectivity index (χ3v) is 7.57. The third-order valence-electron chi connectivity index (χ3n) is 7.57. The van der Waals surface area contributed by atoms with Crippen molar-refractivity contribution < 1.29 is 19.1 Å². The van der Waals surface area contributed by atoms with Crippen LogP contribution in [0.3, 0.4) is 0 Å². The highest BCUT2D eigenvalue weighted by atomic mass is 16.6. The molecule has 10 nitrogen and oxygen atoms in total. The number of methoxy groups -OCH3 is 1. The van der Waals surface area contributed by atoms with E-state index >= 15 is 0 Å². The summed E-state index contributed by atoms with van der Waals surface area (Å²) < 4.78 is 12.5. The molecule has 1 aromatic carbocycles. The number of fused-ring (bicyclic) bond motifs is 2. The Kier molecular flexibility index (Phi) is 8.51. The number of hydrogen-bond acceptors (Lipinski definition) is 7. The number of benzene rings is 1. The topological polar surface area (TPSA) is 102 Å². The monoisotopic (exact) mass is 558 g/mol. The maximum atomic E-state index is 12.9. The largest absolute Gasteiger partial charge is 0.447 e. The van der Waals surface area contributed by atoms with E-state index in [-0.39, 0.29) is 30.8 Å². The fraction of sp³-hybridized carbons (Fsp3) is 0.419. The van der Waals surface area contributed by atoms with Gasteiger partial charge in [-0.1, -0.05) is 29.8 Å². The zero-order valence-corrected chi connectivity index (χ0v) is 24.3. The van der Waals surface area contributed by atoms with E-state index in [9.17, 15) is 9.59 Å². The molecule has 1 N–H and O–H groups in total. The van der Waals surface area contributed by atoms with E-state index < -0.39 is 6.04 Å². The van der Waals surface area contributed by atoms with Crippen LogP contribution < -0.4 is 5.32 Å². The lowest BCUT2D eigenvalue weighted by molar-refractivity contribution is -0.125. The molecule has 1 saturated heterocycles. The quantitative estimate of drug-likeness (QED) is 0.472. The fourth-order valence-corrected chi connectivity index (χ4v) is 5.67. The van der Waals surface area contributed by atoms with Crippen LogP contribution in [0.15, 0.2) is 49.1 Å². The van der Waals surface area contributed by atoms with Gasteiger partial charge in [-0.2, -0.15) is 0 Å². The minimum atomic E-state index is -0.472. The van der Waals surface area contributed by atoms with Crippen LogP contribution >= 0.6 is 0 Å². The van der Waals surface area contributed by atoms with Crippen LogP contribution in [0.25, 0.3) is 11.6 Å². The summed E-state index contributed by atoms with van der Waals surface area (Å²) in [7, 11) is 3.44. The standard InChI is InChI=1S/C31H38N6O4/c1-20(2)41-31(39)37-13-11-36(12-14-37)30-23-9-8-21(3)15-24(23)25(16-22-7-6-10-33-28(22)30)29(34-27(38)18-40-5)26-17-32-19-35(26)4/h6-10,15-17,19-20,29-30H,11-14,18H2,1-5H3,(H,34,38)/t29-,30+/m1/s1. The number of amides is 2. The Hall–Kier alpha value is -4.02. The fourth-order valence-electron chi connectivity index (χ4n) is 5.67. The Morgan fingerprint density at radius 1 is 1.15 bits per heavy atom. The SMILES string of the molecule is COCC(=O)N[C@H](C1=Cc2cccnc2[C@@H](N2CCN(C(=O)OC(C)C)CC2)c2ccc(C)cc21)c1cncn1C. The van der Waals surface area contributed by atoms with E-state index in [1.807, 2.05) is 37.7 Å². The third kappa shape index (κ3) is 6.03. The first-order valence-electron chi connectivity index (χ1n) is 14.0. The molecule has 3 aromatic rings. The first-order chi connectivity index (χ1) is 19.8. The van der Waals surface area contributed by atoms with Gasteiger partial charge in [0, 0.05) is 46.5 Å². The summed E-state index contributed by atoms with van der Waals surface area (Å²) in [6.45, 7) is 8.23. The van der Waals surface area contributed by atoms with Gasteiger partial charge in [0.2, 0.25) is 5.91 Å². The van der Waals surface area contributed by atoms with Crippen molar-refractivity contribution in [1.29, 1.82) is 0 Å². The molecular weight excluding hydrogens is 520 g/mol. The van der Waals surface area contributed by atoms with E-state index in [0.717, 1.165) is 39.2 Å². The minimum absolute atomic E-state index is 0.0490. The highest BCUT2D eigenvalue weighted by Crippen LogP contribution is 2.43. The second-order valence-corrected chi connectivity index (χ2v) is 10.9. The summed E-state index contributed by atoms with van der Waals surface area (Å²) in [4.78, 5) is 38.9. The van der Waals surface area contributed by atoms with Crippen molar-refractivity contribution in [1.82, 2.24) is 29.7 Å². The number of pyridine rings is 1. The molecule has 216 valence electrons. The molecule has 0 radical (unpaired) electrons. The molecule has 3 heterocycles. The molecule has 10 heteroatoms. The average molecular weight is 559 g/mol. The van der Waals surface area contributed by atoms with Gasteiger partial charge in [-0.25, -0.2) is 9.78 Å². The number of ether oxygens (including phenoxy) is 2. The lowest BCUT2D eigenvalue weighted by atomic mass is 9.88. The van der Waals surface area contributed by atoms with Crippen LogP contribution in [0, 0.1) is 6.92 Å². The van der Waals surface area contributed by atoms with Gasteiger partial charge in [0.1, 0.15) is 6.61 Å². The Balaban J connectivity index is 1.59. The predicted octanol–water partition coefficient (Wildman–Crippen LogP) is 3.73. The van der Waals surface area contributed by atoms with Gasteiger partial charge in [0.15, 0.2) is 0 Å². The zero-order chi connectivity index (χ0) is 29.1. The summed E-state index contributed by atoms with van der Waals surface area (Å²) in [6, 6.07) is 9.87. The summed E-state index contributed by atoms with van der Waals surface area (Å²) in [5.41, 5.74) is 6.99. The van der Waals surface area contributed by atoms with E-state index in [0.29, 0.717) is 26.2 Å². The molecule has 2 atom stereocenters. The van der Waals surface area contributed by atoms with Crippen LogP contribution in [0.2, 0.25) is 0 Å². The molecule has 1 aliphatic carbocycles. The Bertz CT molecular complexity index is 1440. The average Bonchev–Trinajstić information content (AvgIpc) is 3.31. The molecule has 2 amide bonds. The van der Waals surface area contributed by atoms with E-state index in [1.165, 1.54) is 7.11 Å². The summed E-state index contributed by atoms with van der Waals surface area (Å²) in [5.74, 6) is -0.217. The van der Waals surface area contributed by atoms with Crippen molar-refractivity contribution in [3.63, 3.8) is 0 Å². The molecular formula is C31H38N6O4. The molecule has 0 saturated carbocycles. The van der Waals surface area contributed by atoms with Crippen LogP contribution in [-0.4, -0.2) is 82.3 Å². The number of aryl methyl sites for hydroxylation is 2. The van der Waals surface area contributed by atoms with Gasteiger partial charge in [-0.05, 0) is 55.2 Å². The summed E-state index contributed by atoms with van der Waals surface area (Å²) >= 11 is 0. The first-order valence-corrected chi connectivity index (χ1v) is 14.0. The molecule has 0 unspecified atom stereocenters. The van der Waals surface area contributed by atoms with Crippen LogP contribution in [0.5, 0.6) is 0 Å². The van der Waals surface area contributed by atoms with Gasteiger partial charge < -0.3 is 24.3 Å². The lowest BCUT2D eigenvalue weighted by Crippen LogP contribution is -2.50. The van der Waals surface area contributed by atoms with Crippen LogP contribution in [0.1, 0.15) is 59.6 Å². The number of hydrogen-bond donors (Lipinski definition) is 1. The Morgan fingerprint density at radius 3 is 2.61 bits per heavy atom. The molecule has 2 aliphatic rings. The number of carbonyl (C=O) groups is 2. The number of piperazine rings is 1. The second kappa shape index (κ2) is 12.2. The van der Waals surface area contributed by atoms with Gasteiger partial charge in [-0.3, -0.25) is 14.7 Å².